The van der Waals surface area contributed by atoms with Gasteiger partial charge in [0.15, 0.2) is 0 Å². The number of hydrogen-bond acceptors (Lipinski definition) is 1. The van der Waals surface area contributed by atoms with Crippen LogP contribution in [0.1, 0.15) is 18.1 Å². The normalized spacial score (nSPS) is 10.9. The van der Waals surface area contributed by atoms with Crippen molar-refractivity contribution in [2.75, 3.05) is 0 Å². The smallest absolute Gasteiger partial charge is 0.0495 e. The third kappa shape index (κ3) is 4.06. The van der Waals surface area contributed by atoms with Gasteiger partial charge in [0.1, 0.15) is 0 Å². The summed E-state index contributed by atoms with van der Waals surface area (Å²) in [7, 11) is 0. The minimum absolute atomic E-state index is 0. The van der Waals surface area contributed by atoms with Gasteiger partial charge in [-0.25, -0.2) is 0 Å². The average molecular weight is 432 g/mol. The van der Waals surface area contributed by atoms with Crippen LogP contribution in [0.25, 0.3) is 44.3 Å². The van der Waals surface area contributed by atoms with Gasteiger partial charge in [0.2, 0.25) is 0 Å². The Morgan fingerprint density at radius 2 is 1.00 bits per heavy atom. The van der Waals surface area contributed by atoms with Gasteiger partial charge in [-0.2, -0.15) is 0 Å². The highest BCUT2D eigenvalue weighted by Crippen LogP contribution is 2.30. The quantitative estimate of drug-likeness (QED) is 0.285. The molecule has 0 spiro atoms. The standard InChI is InChI=1S/C16H15N.C14H12N2.H2/c1-11-7-9-13(10-8-11)16-12(2)14-5-3-4-6-15(14)17-16;1-10-12-4-2-3-5-13(12)16-14(10)11-6-8-15-9-7-11;/h3-10,17H,1-2H3;2-9,16H,1H3;1H. The number of hydrogen-bond donors (Lipinski definition) is 2. The summed E-state index contributed by atoms with van der Waals surface area (Å²) in [5, 5.41) is 2.59. The molecule has 0 aliphatic carbocycles. The lowest BCUT2D eigenvalue weighted by Crippen LogP contribution is -1.80. The third-order valence-corrected chi connectivity index (χ3v) is 6.24. The maximum Gasteiger partial charge on any atom is 0.0495 e. The number of rotatable bonds is 2. The van der Waals surface area contributed by atoms with Crippen molar-refractivity contribution in [1.29, 1.82) is 0 Å². The molecule has 2 N–H and O–H groups in total. The summed E-state index contributed by atoms with van der Waals surface area (Å²) in [6.07, 6.45) is 3.64. The van der Waals surface area contributed by atoms with Gasteiger partial charge in [0, 0.05) is 52.6 Å². The van der Waals surface area contributed by atoms with E-state index in [0.717, 1.165) is 0 Å². The summed E-state index contributed by atoms with van der Waals surface area (Å²) in [5.41, 5.74) is 11.2. The Kier molecular flexibility index (Phi) is 5.54. The lowest BCUT2D eigenvalue weighted by molar-refractivity contribution is 1.31. The highest BCUT2D eigenvalue weighted by molar-refractivity contribution is 5.91. The number of fused-ring (bicyclic) bond motifs is 2. The molecule has 3 heterocycles. The number of H-pyrrole nitrogens is 2. The summed E-state index contributed by atoms with van der Waals surface area (Å²) in [5.74, 6) is 0. The van der Waals surface area contributed by atoms with Gasteiger partial charge < -0.3 is 9.97 Å². The molecule has 0 saturated carbocycles. The first-order chi connectivity index (χ1) is 16.1. The summed E-state index contributed by atoms with van der Waals surface area (Å²) >= 11 is 0. The van der Waals surface area contributed by atoms with Gasteiger partial charge >= 0.3 is 0 Å². The fourth-order valence-electron chi connectivity index (χ4n) is 4.38. The van der Waals surface area contributed by atoms with E-state index in [-0.39, 0.29) is 1.43 Å². The van der Waals surface area contributed by atoms with Crippen molar-refractivity contribution in [3.8, 4) is 22.5 Å². The van der Waals surface area contributed by atoms with Crippen LogP contribution in [-0.2, 0) is 0 Å². The minimum Gasteiger partial charge on any atom is -0.354 e. The summed E-state index contributed by atoms with van der Waals surface area (Å²) < 4.78 is 0. The number of aromatic nitrogens is 3. The molecule has 0 aliphatic heterocycles. The molecule has 0 bridgehead atoms. The largest absolute Gasteiger partial charge is 0.354 e. The Bertz CT molecular complexity index is 1530. The predicted octanol–water partition coefficient (Wildman–Crippen LogP) is 8.24. The molecule has 0 radical (unpaired) electrons. The van der Waals surface area contributed by atoms with Crippen molar-refractivity contribution in [3.63, 3.8) is 0 Å². The van der Waals surface area contributed by atoms with Gasteiger partial charge in [-0.1, -0.05) is 66.2 Å². The van der Waals surface area contributed by atoms with Crippen LogP contribution in [0.5, 0.6) is 0 Å². The van der Waals surface area contributed by atoms with Crippen LogP contribution in [0.2, 0.25) is 0 Å². The Labute approximate surface area is 195 Å². The van der Waals surface area contributed by atoms with Crippen LogP contribution in [-0.4, -0.2) is 15.0 Å². The number of aromatic amines is 2. The second kappa shape index (κ2) is 8.79. The molecule has 164 valence electrons. The molecule has 0 saturated heterocycles. The van der Waals surface area contributed by atoms with Crippen molar-refractivity contribution >= 4 is 21.8 Å². The van der Waals surface area contributed by atoms with Crippen molar-refractivity contribution < 1.29 is 1.43 Å². The first kappa shape index (κ1) is 20.8. The second-order valence-electron chi connectivity index (χ2n) is 8.44. The highest BCUT2D eigenvalue weighted by atomic mass is 14.7. The topological polar surface area (TPSA) is 44.5 Å². The molecular weight excluding hydrogens is 402 g/mol. The predicted molar refractivity (Wildman–Crippen MR) is 142 cm³/mol. The van der Waals surface area contributed by atoms with Gasteiger partial charge in [0.25, 0.3) is 0 Å². The first-order valence-electron chi connectivity index (χ1n) is 11.2. The molecule has 3 nitrogen and oxygen atoms in total. The van der Waals surface area contributed by atoms with E-state index in [2.05, 4.69) is 109 Å². The molecular formula is C30H29N3. The maximum absolute atomic E-state index is 4.04. The van der Waals surface area contributed by atoms with Crippen LogP contribution < -0.4 is 0 Å². The Morgan fingerprint density at radius 1 is 0.545 bits per heavy atom. The van der Waals surface area contributed by atoms with Gasteiger partial charge in [0.05, 0.1) is 0 Å². The van der Waals surface area contributed by atoms with E-state index in [9.17, 15) is 0 Å². The van der Waals surface area contributed by atoms with Crippen LogP contribution in [0.15, 0.2) is 97.3 Å². The SMILES string of the molecule is Cc1c(-c2ccncc2)[nH]c2ccccc12.Cc1ccc(-c2[nH]c3ccccc3c2C)cc1.[HH]. The van der Waals surface area contributed by atoms with Crippen LogP contribution in [0.4, 0.5) is 0 Å². The van der Waals surface area contributed by atoms with Gasteiger partial charge in [-0.05, 0) is 61.7 Å². The molecule has 33 heavy (non-hydrogen) atoms. The van der Waals surface area contributed by atoms with E-state index in [4.69, 9.17) is 0 Å². The lowest BCUT2D eigenvalue weighted by Gasteiger charge is -2.01. The highest BCUT2D eigenvalue weighted by Gasteiger charge is 2.09. The van der Waals surface area contributed by atoms with Gasteiger partial charge in [-0.3, -0.25) is 4.98 Å². The molecule has 3 aromatic carbocycles. The monoisotopic (exact) mass is 431 g/mol. The van der Waals surface area contributed by atoms with Crippen molar-refractivity contribution in [3.05, 3.63) is 114 Å². The molecule has 6 rings (SSSR count). The van der Waals surface area contributed by atoms with E-state index >= 15 is 0 Å². The van der Waals surface area contributed by atoms with E-state index < -0.39 is 0 Å². The Balaban J connectivity index is 0.000000157. The number of nitrogens with zero attached hydrogens (tertiary/aromatic N) is 1. The zero-order valence-electron chi connectivity index (χ0n) is 19.2. The third-order valence-electron chi connectivity index (χ3n) is 6.24. The van der Waals surface area contributed by atoms with Crippen LogP contribution in [0.3, 0.4) is 0 Å². The molecule has 0 fully saturated rings. The van der Waals surface area contributed by atoms with E-state index in [1.54, 1.807) is 0 Å². The molecule has 0 unspecified atom stereocenters. The molecule has 0 atom stereocenters. The number of pyridine rings is 1. The minimum atomic E-state index is 0. The summed E-state index contributed by atoms with van der Waals surface area (Å²) in [6, 6.07) is 29.5. The number of para-hydroxylation sites is 2. The van der Waals surface area contributed by atoms with Crippen LogP contribution in [0, 0.1) is 20.8 Å². The lowest BCUT2D eigenvalue weighted by atomic mass is 10.1. The summed E-state index contributed by atoms with van der Waals surface area (Å²) in [4.78, 5) is 11.0. The average Bonchev–Trinajstić information content (AvgIpc) is 3.38. The van der Waals surface area contributed by atoms with Crippen molar-refractivity contribution in [2.45, 2.75) is 20.8 Å². The van der Waals surface area contributed by atoms with Crippen LogP contribution >= 0.6 is 0 Å². The van der Waals surface area contributed by atoms with E-state index in [1.807, 2.05) is 24.5 Å². The molecule has 0 amide bonds. The zero-order valence-corrected chi connectivity index (χ0v) is 19.2. The Morgan fingerprint density at radius 3 is 1.48 bits per heavy atom. The van der Waals surface area contributed by atoms with Crippen molar-refractivity contribution in [1.82, 2.24) is 15.0 Å². The molecule has 0 aliphatic rings. The molecule has 3 aromatic heterocycles. The van der Waals surface area contributed by atoms with E-state index in [0.29, 0.717) is 0 Å². The Hall–Kier alpha value is -4.11. The second-order valence-corrected chi connectivity index (χ2v) is 8.44. The van der Waals surface area contributed by atoms with E-state index in [1.165, 1.54) is 61.0 Å². The van der Waals surface area contributed by atoms with Gasteiger partial charge in [-0.15, -0.1) is 0 Å². The number of benzene rings is 3. The first-order valence-corrected chi connectivity index (χ1v) is 11.2. The number of nitrogens with one attached hydrogen (secondary N) is 2. The maximum atomic E-state index is 4.04. The fraction of sp³-hybridized carbons (Fsp3) is 0.100. The number of aryl methyl sites for hydroxylation is 3. The molecule has 3 heteroatoms. The summed E-state index contributed by atoms with van der Waals surface area (Å²) in [6.45, 7) is 6.43. The molecule has 6 aromatic rings. The zero-order chi connectivity index (χ0) is 22.8. The fourth-order valence-corrected chi connectivity index (χ4v) is 4.38. The van der Waals surface area contributed by atoms with Crippen molar-refractivity contribution in [2.24, 2.45) is 0 Å².